The molecule has 0 aliphatic carbocycles. The van der Waals surface area contributed by atoms with Gasteiger partial charge in [0.2, 0.25) is 0 Å². The van der Waals surface area contributed by atoms with Crippen molar-refractivity contribution in [1.82, 2.24) is 5.32 Å². The molecule has 1 heterocycles. The maximum atomic E-state index is 12.9. The highest BCUT2D eigenvalue weighted by Gasteiger charge is 2.10. The number of carbonyl (C=O) groups is 2. The van der Waals surface area contributed by atoms with E-state index in [1.54, 1.807) is 25.1 Å². The van der Waals surface area contributed by atoms with Gasteiger partial charge in [-0.2, -0.15) is 0 Å². The van der Waals surface area contributed by atoms with Gasteiger partial charge in [0.25, 0.3) is 5.91 Å². The van der Waals surface area contributed by atoms with Gasteiger partial charge in [-0.3, -0.25) is 9.59 Å². The molecule has 1 N–H and O–H groups in total. The Labute approximate surface area is 138 Å². The van der Waals surface area contributed by atoms with Gasteiger partial charge in [0.05, 0.1) is 11.5 Å². The largest absolute Gasteiger partial charge is 0.466 e. The molecule has 2 aromatic rings. The van der Waals surface area contributed by atoms with Crippen molar-refractivity contribution in [2.24, 2.45) is 0 Å². The fourth-order valence-corrected chi connectivity index (χ4v) is 2.91. The molecule has 23 heavy (non-hydrogen) atoms. The highest BCUT2D eigenvalue weighted by molar-refractivity contribution is 7.17. The molecule has 1 aromatic carbocycles. The van der Waals surface area contributed by atoms with Crippen LogP contribution in [-0.2, 0) is 9.53 Å². The minimum absolute atomic E-state index is 0.174. The molecule has 0 saturated heterocycles. The topological polar surface area (TPSA) is 55.4 Å². The summed E-state index contributed by atoms with van der Waals surface area (Å²) in [5, 5.41) is 2.77. The van der Waals surface area contributed by atoms with E-state index in [1.165, 1.54) is 23.5 Å². The zero-order valence-corrected chi connectivity index (χ0v) is 13.6. The SMILES string of the molecule is CCOC(=O)CCCNC(=O)c1ccc(-c2ccc(F)cc2)s1. The standard InChI is InChI=1S/C17H18FNO3S/c1-2-22-16(20)4-3-11-19-17(21)15-10-9-14(23-15)12-5-7-13(18)8-6-12/h5-10H,2-4,11H2,1H3,(H,19,21). The fraction of sp³-hybridized carbons (Fsp3) is 0.294. The van der Waals surface area contributed by atoms with Crippen molar-refractivity contribution in [1.29, 1.82) is 0 Å². The van der Waals surface area contributed by atoms with Crippen molar-refractivity contribution >= 4 is 23.2 Å². The maximum absolute atomic E-state index is 12.9. The van der Waals surface area contributed by atoms with Crippen LogP contribution < -0.4 is 5.32 Å². The fourth-order valence-electron chi connectivity index (χ4n) is 1.98. The van der Waals surface area contributed by atoms with Gasteiger partial charge >= 0.3 is 5.97 Å². The Bertz CT molecular complexity index is 667. The van der Waals surface area contributed by atoms with Crippen LogP contribution >= 0.6 is 11.3 Å². The molecular weight excluding hydrogens is 317 g/mol. The van der Waals surface area contributed by atoms with E-state index in [1.807, 2.05) is 6.07 Å². The summed E-state index contributed by atoms with van der Waals surface area (Å²) < 4.78 is 17.7. The van der Waals surface area contributed by atoms with Gasteiger partial charge in [0.15, 0.2) is 0 Å². The first kappa shape index (κ1) is 17.1. The minimum atomic E-state index is -0.287. The second-order valence-corrected chi connectivity index (χ2v) is 5.92. The smallest absolute Gasteiger partial charge is 0.305 e. The van der Waals surface area contributed by atoms with E-state index >= 15 is 0 Å². The first-order valence-electron chi connectivity index (χ1n) is 7.39. The number of amides is 1. The van der Waals surface area contributed by atoms with E-state index < -0.39 is 0 Å². The lowest BCUT2D eigenvalue weighted by Crippen LogP contribution is -2.24. The highest BCUT2D eigenvalue weighted by atomic mass is 32.1. The van der Waals surface area contributed by atoms with Gasteiger partial charge in [-0.25, -0.2) is 4.39 Å². The third-order valence-corrected chi connectivity index (χ3v) is 4.24. The van der Waals surface area contributed by atoms with E-state index in [0.717, 1.165) is 10.4 Å². The molecule has 0 spiro atoms. The molecule has 0 fully saturated rings. The maximum Gasteiger partial charge on any atom is 0.305 e. The number of halogens is 1. The number of thiophene rings is 1. The molecule has 0 atom stereocenters. The molecule has 1 aromatic heterocycles. The third kappa shape index (κ3) is 5.17. The zero-order valence-electron chi connectivity index (χ0n) is 12.8. The summed E-state index contributed by atoms with van der Waals surface area (Å²) in [5.41, 5.74) is 0.873. The first-order chi connectivity index (χ1) is 11.1. The Balaban J connectivity index is 1.84. The lowest BCUT2D eigenvalue weighted by atomic mass is 10.2. The van der Waals surface area contributed by atoms with Gasteiger partial charge in [-0.1, -0.05) is 12.1 Å². The molecule has 0 bridgehead atoms. The van der Waals surface area contributed by atoms with Crippen molar-refractivity contribution in [3.05, 3.63) is 47.1 Å². The normalized spacial score (nSPS) is 10.3. The zero-order chi connectivity index (χ0) is 16.7. The Morgan fingerprint density at radius 3 is 2.61 bits per heavy atom. The highest BCUT2D eigenvalue weighted by Crippen LogP contribution is 2.28. The number of carbonyl (C=O) groups excluding carboxylic acids is 2. The summed E-state index contributed by atoms with van der Waals surface area (Å²) in [5.74, 6) is -0.714. The molecule has 1 amide bonds. The molecule has 0 saturated carbocycles. The molecule has 6 heteroatoms. The average molecular weight is 335 g/mol. The van der Waals surface area contributed by atoms with Gasteiger partial charge in [-0.05, 0) is 43.2 Å². The van der Waals surface area contributed by atoms with E-state index in [-0.39, 0.29) is 17.7 Å². The lowest BCUT2D eigenvalue weighted by Gasteiger charge is -2.03. The predicted molar refractivity (Wildman–Crippen MR) is 87.9 cm³/mol. The number of rotatable bonds is 7. The first-order valence-corrected chi connectivity index (χ1v) is 8.21. The number of benzene rings is 1. The summed E-state index contributed by atoms with van der Waals surface area (Å²) in [6, 6.07) is 9.73. The predicted octanol–water partition coefficient (Wildman–Crippen LogP) is 3.63. The van der Waals surface area contributed by atoms with Gasteiger partial charge in [-0.15, -0.1) is 11.3 Å². The Morgan fingerprint density at radius 2 is 1.91 bits per heavy atom. The number of ether oxygens (including phenoxy) is 1. The summed E-state index contributed by atoms with van der Waals surface area (Å²) in [6.07, 6.45) is 0.833. The summed E-state index contributed by atoms with van der Waals surface area (Å²) in [6.45, 7) is 2.54. The van der Waals surface area contributed by atoms with Crippen LogP contribution in [0.5, 0.6) is 0 Å². The molecule has 2 rings (SSSR count). The number of esters is 1. The Morgan fingerprint density at radius 1 is 1.17 bits per heavy atom. The van der Waals surface area contributed by atoms with Gasteiger partial charge in [0.1, 0.15) is 5.82 Å². The lowest BCUT2D eigenvalue weighted by molar-refractivity contribution is -0.143. The minimum Gasteiger partial charge on any atom is -0.466 e. The molecule has 0 unspecified atom stereocenters. The number of hydrogen-bond donors (Lipinski definition) is 1. The average Bonchev–Trinajstić information content (AvgIpc) is 3.02. The van der Waals surface area contributed by atoms with Crippen molar-refractivity contribution < 1.29 is 18.7 Å². The summed E-state index contributed by atoms with van der Waals surface area (Å²) >= 11 is 1.35. The molecular formula is C17H18FNO3S. The van der Waals surface area contributed by atoms with Crippen molar-refractivity contribution in [3.8, 4) is 10.4 Å². The quantitative estimate of drug-likeness (QED) is 0.621. The van der Waals surface area contributed by atoms with Crippen LogP contribution in [0.2, 0.25) is 0 Å². The molecule has 0 aliphatic rings. The van der Waals surface area contributed by atoms with Crippen molar-refractivity contribution in [2.45, 2.75) is 19.8 Å². The van der Waals surface area contributed by atoms with Crippen LogP contribution in [0.25, 0.3) is 10.4 Å². The summed E-state index contributed by atoms with van der Waals surface area (Å²) in [4.78, 5) is 24.7. The van der Waals surface area contributed by atoms with Crippen LogP contribution in [0.15, 0.2) is 36.4 Å². The molecule has 4 nitrogen and oxygen atoms in total. The van der Waals surface area contributed by atoms with Crippen molar-refractivity contribution in [2.75, 3.05) is 13.2 Å². The van der Waals surface area contributed by atoms with Crippen molar-refractivity contribution in [3.63, 3.8) is 0 Å². The third-order valence-electron chi connectivity index (χ3n) is 3.11. The van der Waals surface area contributed by atoms with Gasteiger partial charge < -0.3 is 10.1 Å². The molecule has 0 aliphatic heterocycles. The van der Waals surface area contributed by atoms with Crippen LogP contribution in [0, 0.1) is 5.82 Å². The van der Waals surface area contributed by atoms with E-state index in [0.29, 0.717) is 30.9 Å². The van der Waals surface area contributed by atoms with Gasteiger partial charge in [0, 0.05) is 17.8 Å². The number of hydrogen-bond acceptors (Lipinski definition) is 4. The Kier molecular flexibility index (Phi) is 6.29. The summed E-state index contributed by atoms with van der Waals surface area (Å²) in [7, 11) is 0. The van der Waals surface area contributed by atoms with Crippen LogP contribution in [0.3, 0.4) is 0 Å². The molecule has 122 valence electrons. The van der Waals surface area contributed by atoms with Crippen LogP contribution in [0.4, 0.5) is 4.39 Å². The monoisotopic (exact) mass is 335 g/mol. The van der Waals surface area contributed by atoms with E-state index in [4.69, 9.17) is 4.74 Å². The second kappa shape index (κ2) is 8.43. The Hall–Kier alpha value is -2.21. The number of nitrogens with one attached hydrogen (secondary N) is 1. The van der Waals surface area contributed by atoms with Crippen LogP contribution in [-0.4, -0.2) is 25.0 Å². The van der Waals surface area contributed by atoms with E-state index in [9.17, 15) is 14.0 Å². The molecule has 0 radical (unpaired) electrons. The second-order valence-electron chi connectivity index (χ2n) is 4.84. The van der Waals surface area contributed by atoms with E-state index in [2.05, 4.69) is 5.32 Å². The van der Waals surface area contributed by atoms with Crippen LogP contribution in [0.1, 0.15) is 29.4 Å².